The Balaban J connectivity index is 0.00000242. The number of nitrogens with zero attached hydrogens (tertiary/aromatic N) is 2. The van der Waals surface area contributed by atoms with Gasteiger partial charge in [-0.25, -0.2) is 0 Å². The zero-order valence-electron chi connectivity index (χ0n) is 13.4. The highest BCUT2D eigenvalue weighted by Gasteiger charge is 2.14. The second-order valence-corrected chi connectivity index (χ2v) is 5.35. The standard InChI is InChI=1S/C15H22N4O2.2ClH/c1-18(2)15(21)12-3-5-13(6-4-12)17-14(20)11-19-9-7-16-8-10-19;;/h3-6,16H,7-11H2,1-2H3,(H,17,20);2*1H. The normalized spacial score (nSPS) is 14.2. The molecular weight excluding hydrogens is 339 g/mol. The first-order valence-electron chi connectivity index (χ1n) is 7.11. The number of hydrogen-bond acceptors (Lipinski definition) is 4. The van der Waals surface area contributed by atoms with Crippen LogP contribution >= 0.6 is 24.8 Å². The van der Waals surface area contributed by atoms with E-state index in [4.69, 9.17) is 0 Å². The van der Waals surface area contributed by atoms with Gasteiger partial charge in [0.2, 0.25) is 5.91 Å². The Labute approximate surface area is 149 Å². The molecule has 1 aromatic rings. The molecule has 0 saturated carbocycles. The maximum absolute atomic E-state index is 12.0. The molecule has 2 rings (SSSR count). The summed E-state index contributed by atoms with van der Waals surface area (Å²) in [5.74, 6) is -0.0720. The van der Waals surface area contributed by atoms with Gasteiger partial charge in [0.05, 0.1) is 6.54 Å². The van der Waals surface area contributed by atoms with E-state index in [1.54, 1.807) is 38.4 Å². The van der Waals surface area contributed by atoms with E-state index >= 15 is 0 Å². The number of hydrogen-bond donors (Lipinski definition) is 2. The Morgan fingerprint density at radius 2 is 1.70 bits per heavy atom. The highest BCUT2D eigenvalue weighted by Crippen LogP contribution is 2.11. The zero-order chi connectivity index (χ0) is 15.2. The molecule has 0 radical (unpaired) electrons. The van der Waals surface area contributed by atoms with Crippen LogP contribution in [0.25, 0.3) is 0 Å². The molecule has 0 aromatic heterocycles. The molecule has 0 bridgehead atoms. The molecule has 6 nitrogen and oxygen atoms in total. The Hall–Kier alpha value is -1.34. The quantitative estimate of drug-likeness (QED) is 0.840. The third-order valence-electron chi connectivity index (χ3n) is 3.40. The molecule has 1 aliphatic heterocycles. The molecule has 23 heavy (non-hydrogen) atoms. The van der Waals surface area contributed by atoms with E-state index in [1.807, 2.05) is 0 Å². The van der Waals surface area contributed by atoms with Crippen LogP contribution in [0.3, 0.4) is 0 Å². The molecule has 0 aliphatic carbocycles. The summed E-state index contributed by atoms with van der Waals surface area (Å²) in [5, 5.41) is 6.11. The number of nitrogens with one attached hydrogen (secondary N) is 2. The molecule has 1 heterocycles. The van der Waals surface area contributed by atoms with Gasteiger partial charge in [-0.3, -0.25) is 14.5 Å². The molecule has 1 fully saturated rings. The molecule has 1 saturated heterocycles. The number of rotatable bonds is 4. The van der Waals surface area contributed by atoms with Gasteiger partial charge < -0.3 is 15.5 Å². The van der Waals surface area contributed by atoms with Gasteiger partial charge in [0, 0.05) is 51.5 Å². The lowest BCUT2D eigenvalue weighted by Crippen LogP contribution is -2.46. The molecular formula is C15H24Cl2N4O2. The Morgan fingerprint density at radius 1 is 1.13 bits per heavy atom. The van der Waals surface area contributed by atoms with Gasteiger partial charge >= 0.3 is 0 Å². The second kappa shape index (κ2) is 10.4. The van der Waals surface area contributed by atoms with Crippen LogP contribution in [-0.4, -0.2) is 68.4 Å². The number of carbonyl (C=O) groups excluding carboxylic acids is 2. The van der Waals surface area contributed by atoms with E-state index in [9.17, 15) is 9.59 Å². The Bertz CT molecular complexity index is 503. The van der Waals surface area contributed by atoms with Crippen molar-refractivity contribution in [2.45, 2.75) is 0 Å². The van der Waals surface area contributed by atoms with E-state index < -0.39 is 0 Å². The monoisotopic (exact) mass is 362 g/mol. The van der Waals surface area contributed by atoms with E-state index in [2.05, 4.69) is 15.5 Å². The second-order valence-electron chi connectivity index (χ2n) is 5.35. The summed E-state index contributed by atoms with van der Waals surface area (Å²) in [6.07, 6.45) is 0. The fourth-order valence-corrected chi connectivity index (χ4v) is 2.23. The van der Waals surface area contributed by atoms with E-state index in [0.717, 1.165) is 26.2 Å². The van der Waals surface area contributed by atoms with Crippen LogP contribution in [0.2, 0.25) is 0 Å². The van der Waals surface area contributed by atoms with Gasteiger partial charge in [0.1, 0.15) is 0 Å². The van der Waals surface area contributed by atoms with Crippen LogP contribution in [0.15, 0.2) is 24.3 Å². The summed E-state index contributed by atoms with van der Waals surface area (Å²) in [7, 11) is 3.43. The molecule has 130 valence electrons. The molecule has 0 spiro atoms. The third-order valence-corrected chi connectivity index (χ3v) is 3.40. The van der Waals surface area contributed by atoms with Crippen LogP contribution in [0.1, 0.15) is 10.4 Å². The molecule has 2 N–H and O–H groups in total. The summed E-state index contributed by atoms with van der Waals surface area (Å²) in [5.41, 5.74) is 1.32. The van der Waals surface area contributed by atoms with Gasteiger partial charge in [-0.05, 0) is 24.3 Å². The number of amides is 2. The molecule has 0 unspecified atom stereocenters. The number of anilines is 1. The fraction of sp³-hybridized carbons (Fsp3) is 0.467. The van der Waals surface area contributed by atoms with Crippen molar-refractivity contribution in [3.05, 3.63) is 29.8 Å². The van der Waals surface area contributed by atoms with Crippen molar-refractivity contribution in [1.29, 1.82) is 0 Å². The number of carbonyl (C=O) groups is 2. The molecule has 1 aromatic carbocycles. The maximum Gasteiger partial charge on any atom is 0.253 e. The summed E-state index contributed by atoms with van der Waals surface area (Å²) >= 11 is 0. The average molecular weight is 363 g/mol. The van der Waals surface area contributed by atoms with Crippen LogP contribution in [0.5, 0.6) is 0 Å². The van der Waals surface area contributed by atoms with Crippen molar-refractivity contribution in [1.82, 2.24) is 15.1 Å². The Morgan fingerprint density at radius 3 is 2.22 bits per heavy atom. The first kappa shape index (κ1) is 21.7. The van der Waals surface area contributed by atoms with Crippen LogP contribution in [0, 0.1) is 0 Å². The lowest BCUT2D eigenvalue weighted by Gasteiger charge is -2.26. The predicted octanol–water partition coefficient (Wildman–Crippen LogP) is 1.08. The molecule has 0 atom stereocenters. The topological polar surface area (TPSA) is 64.7 Å². The largest absolute Gasteiger partial charge is 0.345 e. The van der Waals surface area contributed by atoms with Gasteiger partial charge in [-0.1, -0.05) is 0 Å². The predicted molar refractivity (Wildman–Crippen MR) is 96.9 cm³/mol. The summed E-state index contributed by atoms with van der Waals surface area (Å²) in [4.78, 5) is 27.4. The first-order valence-corrected chi connectivity index (χ1v) is 7.11. The van der Waals surface area contributed by atoms with Gasteiger partial charge in [0.15, 0.2) is 0 Å². The van der Waals surface area contributed by atoms with E-state index in [1.165, 1.54) is 4.90 Å². The minimum absolute atomic E-state index is 0. The Kier molecular flexibility index (Phi) is 9.83. The van der Waals surface area contributed by atoms with Gasteiger partial charge in [-0.15, -0.1) is 24.8 Å². The highest BCUT2D eigenvalue weighted by molar-refractivity contribution is 5.96. The number of piperazine rings is 1. The highest BCUT2D eigenvalue weighted by atomic mass is 35.5. The molecule has 1 aliphatic rings. The number of benzene rings is 1. The third kappa shape index (κ3) is 6.74. The van der Waals surface area contributed by atoms with E-state index in [-0.39, 0.29) is 36.6 Å². The average Bonchev–Trinajstić information content (AvgIpc) is 2.48. The van der Waals surface area contributed by atoms with Crippen LogP contribution in [0.4, 0.5) is 5.69 Å². The van der Waals surface area contributed by atoms with Crippen molar-refractivity contribution in [2.75, 3.05) is 52.1 Å². The van der Waals surface area contributed by atoms with Gasteiger partial charge in [0.25, 0.3) is 5.91 Å². The first-order chi connectivity index (χ1) is 10.1. The van der Waals surface area contributed by atoms with Crippen LogP contribution < -0.4 is 10.6 Å². The van der Waals surface area contributed by atoms with Crippen molar-refractivity contribution < 1.29 is 9.59 Å². The van der Waals surface area contributed by atoms with Crippen molar-refractivity contribution in [2.24, 2.45) is 0 Å². The van der Waals surface area contributed by atoms with Crippen molar-refractivity contribution in [3.8, 4) is 0 Å². The maximum atomic E-state index is 12.0. The summed E-state index contributed by atoms with van der Waals surface area (Å²) in [6, 6.07) is 6.96. The van der Waals surface area contributed by atoms with Crippen LogP contribution in [-0.2, 0) is 4.79 Å². The minimum Gasteiger partial charge on any atom is -0.345 e. The van der Waals surface area contributed by atoms with Gasteiger partial charge in [-0.2, -0.15) is 0 Å². The smallest absolute Gasteiger partial charge is 0.253 e. The molecule has 8 heteroatoms. The minimum atomic E-state index is -0.0475. The zero-order valence-corrected chi connectivity index (χ0v) is 15.0. The lowest BCUT2D eigenvalue weighted by molar-refractivity contribution is -0.117. The fourth-order valence-electron chi connectivity index (χ4n) is 2.23. The van der Waals surface area contributed by atoms with E-state index in [0.29, 0.717) is 17.8 Å². The summed E-state index contributed by atoms with van der Waals surface area (Å²) < 4.78 is 0. The van der Waals surface area contributed by atoms with Crippen molar-refractivity contribution >= 4 is 42.3 Å². The SMILES string of the molecule is CN(C)C(=O)c1ccc(NC(=O)CN2CCNCC2)cc1.Cl.Cl. The number of halogens is 2. The summed E-state index contributed by atoms with van der Waals surface area (Å²) in [6.45, 7) is 4.04. The molecule has 2 amide bonds. The lowest BCUT2D eigenvalue weighted by atomic mass is 10.2. The van der Waals surface area contributed by atoms with Crippen molar-refractivity contribution in [3.63, 3.8) is 0 Å².